The lowest BCUT2D eigenvalue weighted by Gasteiger charge is -1.97. The molecular formula is C4H13N3O2. The number of nitrogens with two attached hydrogens (primary N) is 3. The molecule has 1 atom stereocenters. The lowest BCUT2D eigenvalue weighted by atomic mass is 10.2. The van der Waals surface area contributed by atoms with Crippen LogP contribution in [0, 0.1) is 0 Å². The summed E-state index contributed by atoms with van der Waals surface area (Å²) in [5, 5.41) is 8.06. The van der Waals surface area contributed by atoms with Crippen LogP contribution in [0.1, 0.15) is 13.3 Å². The van der Waals surface area contributed by atoms with E-state index in [9.17, 15) is 4.79 Å². The van der Waals surface area contributed by atoms with Crippen molar-refractivity contribution >= 4 is 5.97 Å². The molecule has 5 heteroatoms. The van der Waals surface area contributed by atoms with Gasteiger partial charge in [-0.1, -0.05) is 6.92 Å². The Morgan fingerprint density at radius 3 is 2.00 bits per heavy atom. The first-order valence-electron chi connectivity index (χ1n) is 2.50. The van der Waals surface area contributed by atoms with Gasteiger partial charge in [-0.05, 0) is 6.42 Å². The van der Waals surface area contributed by atoms with E-state index in [0.29, 0.717) is 6.42 Å². The average Bonchev–Trinajstić information content (AvgIpc) is 1.91. The van der Waals surface area contributed by atoms with Crippen molar-refractivity contribution in [3.05, 3.63) is 0 Å². The van der Waals surface area contributed by atoms with E-state index in [0.717, 1.165) is 0 Å². The van der Waals surface area contributed by atoms with Crippen molar-refractivity contribution in [1.29, 1.82) is 0 Å². The molecule has 56 valence electrons. The summed E-state index contributed by atoms with van der Waals surface area (Å²) in [7, 11) is 0. The maximum atomic E-state index is 9.81. The molecule has 0 bridgehead atoms. The fourth-order valence-electron chi connectivity index (χ4n) is 0.175. The minimum absolute atomic E-state index is 0.495. The molecule has 0 radical (unpaired) electrons. The molecule has 0 spiro atoms. The van der Waals surface area contributed by atoms with Crippen molar-refractivity contribution in [2.45, 2.75) is 19.4 Å². The Bertz CT molecular complexity index is 76.2. The molecular weight excluding hydrogens is 122 g/mol. The standard InChI is InChI=1S/C4H9NO2.H4N2/c1-2-3(5)4(6)7;1-2/h3H,2,5H2,1H3,(H,6,7);1-2H2. The van der Waals surface area contributed by atoms with Gasteiger partial charge in [0, 0.05) is 0 Å². The number of carboxylic acid groups (broad SMARTS) is 1. The first kappa shape index (κ1) is 11.2. The van der Waals surface area contributed by atoms with Crippen molar-refractivity contribution in [2.75, 3.05) is 0 Å². The maximum Gasteiger partial charge on any atom is 0.320 e. The highest BCUT2D eigenvalue weighted by molar-refractivity contribution is 5.72. The molecule has 0 heterocycles. The first-order valence-corrected chi connectivity index (χ1v) is 2.50. The van der Waals surface area contributed by atoms with Gasteiger partial charge in [0.15, 0.2) is 0 Å². The molecule has 0 aromatic heterocycles. The van der Waals surface area contributed by atoms with Crippen molar-refractivity contribution in [2.24, 2.45) is 17.4 Å². The van der Waals surface area contributed by atoms with Crippen LogP contribution in [0.3, 0.4) is 0 Å². The van der Waals surface area contributed by atoms with E-state index < -0.39 is 12.0 Å². The Hall–Kier alpha value is -0.650. The number of carbonyl (C=O) groups is 1. The summed E-state index contributed by atoms with van der Waals surface area (Å²) in [6.45, 7) is 1.73. The monoisotopic (exact) mass is 135 g/mol. The summed E-state index contributed by atoms with van der Waals surface area (Å²) in [4.78, 5) is 9.81. The minimum atomic E-state index is -0.928. The largest absolute Gasteiger partial charge is 0.480 e. The minimum Gasteiger partial charge on any atom is -0.480 e. The van der Waals surface area contributed by atoms with Crippen LogP contribution in [0.15, 0.2) is 0 Å². The Morgan fingerprint density at radius 2 is 2.00 bits per heavy atom. The topological polar surface area (TPSA) is 115 Å². The van der Waals surface area contributed by atoms with E-state index in [1.807, 2.05) is 0 Å². The molecule has 0 aromatic rings. The molecule has 5 nitrogen and oxygen atoms in total. The number of hydrogen-bond donors (Lipinski definition) is 4. The summed E-state index contributed by atoms with van der Waals surface area (Å²) >= 11 is 0. The van der Waals surface area contributed by atoms with Gasteiger partial charge < -0.3 is 10.8 Å². The highest BCUT2D eigenvalue weighted by atomic mass is 16.4. The van der Waals surface area contributed by atoms with Gasteiger partial charge in [0.05, 0.1) is 0 Å². The predicted molar refractivity (Wildman–Crippen MR) is 34.3 cm³/mol. The molecule has 0 amide bonds. The van der Waals surface area contributed by atoms with E-state index in [1.165, 1.54) is 0 Å². The number of aliphatic carboxylic acids is 1. The van der Waals surface area contributed by atoms with Crippen LogP contribution in [0.2, 0.25) is 0 Å². The van der Waals surface area contributed by atoms with Crippen LogP contribution in [0.5, 0.6) is 0 Å². The van der Waals surface area contributed by atoms with Crippen molar-refractivity contribution in [1.82, 2.24) is 0 Å². The van der Waals surface area contributed by atoms with E-state index in [2.05, 4.69) is 11.7 Å². The number of hydrazine groups is 1. The third-order valence-corrected chi connectivity index (χ3v) is 0.757. The summed E-state index contributed by atoms with van der Waals surface area (Å²) in [6, 6.07) is -0.681. The van der Waals surface area contributed by atoms with Gasteiger partial charge in [-0.25, -0.2) is 0 Å². The van der Waals surface area contributed by atoms with Crippen LogP contribution in [-0.2, 0) is 4.79 Å². The van der Waals surface area contributed by atoms with Crippen molar-refractivity contribution < 1.29 is 9.90 Å². The van der Waals surface area contributed by atoms with E-state index in [-0.39, 0.29) is 0 Å². The molecule has 0 aromatic carbocycles. The summed E-state index contributed by atoms with van der Waals surface area (Å²) in [6.07, 6.45) is 0.495. The van der Waals surface area contributed by atoms with Crippen molar-refractivity contribution in [3.8, 4) is 0 Å². The summed E-state index contributed by atoms with van der Waals surface area (Å²) in [5.74, 6) is 7.07. The van der Waals surface area contributed by atoms with E-state index >= 15 is 0 Å². The van der Waals surface area contributed by atoms with Crippen LogP contribution in [0.4, 0.5) is 0 Å². The lowest BCUT2D eigenvalue weighted by Crippen LogP contribution is -2.28. The normalized spacial score (nSPS) is 11.1. The second-order valence-electron chi connectivity index (χ2n) is 1.35. The second kappa shape index (κ2) is 7.35. The smallest absolute Gasteiger partial charge is 0.320 e. The number of hydrogen-bond acceptors (Lipinski definition) is 4. The van der Waals surface area contributed by atoms with Gasteiger partial charge in [0.25, 0.3) is 0 Å². The summed E-state index contributed by atoms with van der Waals surface area (Å²) in [5.41, 5.74) is 5.02. The van der Waals surface area contributed by atoms with Gasteiger partial charge in [0.2, 0.25) is 0 Å². The molecule has 1 unspecified atom stereocenters. The predicted octanol–water partition coefficient (Wildman–Crippen LogP) is -1.37. The molecule has 0 rings (SSSR count). The number of rotatable bonds is 2. The van der Waals surface area contributed by atoms with E-state index in [4.69, 9.17) is 10.8 Å². The molecule has 0 aliphatic carbocycles. The molecule has 0 saturated heterocycles. The molecule has 0 aliphatic heterocycles. The second-order valence-corrected chi connectivity index (χ2v) is 1.35. The Morgan fingerprint density at radius 1 is 1.67 bits per heavy atom. The highest BCUT2D eigenvalue weighted by Crippen LogP contribution is 1.82. The number of carboxylic acids is 1. The highest BCUT2D eigenvalue weighted by Gasteiger charge is 2.05. The third-order valence-electron chi connectivity index (χ3n) is 0.757. The van der Waals surface area contributed by atoms with Gasteiger partial charge in [-0.2, -0.15) is 0 Å². The first-order chi connectivity index (χ1) is 4.18. The van der Waals surface area contributed by atoms with Gasteiger partial charge >= 0.3 is 5.97 Å². The summed E-state index contributed by atoms with van der Waals surface area (Å²) < 4.78 is 0. The van der Waals surface area contributed by atoms with Gasteiger partial charge in [-0.3, -0.25) is 16.5 Å². The zero-order valence-electron chi connectivity index (χ0n) is 5.37. The van der Waals surface area contributed by atoms with E-state index in [1.54, 1.807) is 6.92 Å². The fraction of sp³-hybridized carbons (Fsp3) is 0.750. The average molecular weight is 135 g/mol. The van der Waals surface area contributed by atoms with Crippen LogP contribution in [0.25, 0.3) is 0 Å². The lowest BCUT2D eigenvalue weighted by molar-refractivity contribution is -0.138. The molecule has 0 aliphatic rings. The maximum absolute atomic E-state index is 9.81. The Kier molecular flexibility index (Phi) is 9.14. The van der Waals surface area contributed by atoms with Gasteiger partial charge in [0.1, 0.15) is 6.04 Å². The van der Waals surface area contributed by atoms with Gasteiger partial charge in [-0.15, -0.1) is 0 Å². The Balaban J connectivity index is 0. The van der Waals surface area contributed by atoms with Crippen LogP contribution in [-0.4, -0.2) is 17.1 Å². The third kappa shape index (κ3) is 7.35. The SMILES string of the molecule is CCC(N)C(=O)O.NN. The zero-order valence-corrected chi connectivity index (χ0v) is 5.37. The Labute approximate surface area is 53.8 Å². The molecule has 0 saturated carbocycles. The molecule has 7 N–H and O–H groups in total. The molecule has 9 heavy (non-hydrogen) atoms. The zero-order chi connectivity index (χ0) is 7.86. The van der Waals surface area contributed by atoms with Crippen LogP contribution < -0.4 is 17.4 Å². The molecule has 0 fully saturated rings. The fourth-order valence-corrected chi connectivity index (χ4v) is 0.175. The quantitative estimate of drug-likeness (QED) is 0.275. The van der Waals surface area contributed by atoms with Crippen molar-refractivity contribution in [3.63, 3.8) is 0 Å². The van der Waals surface area contributed by atoms with Crippen LogP contribution >= 0.6 is 0 Å².